The molecule has 0 fully saturated rings. The van der Waals surface area contributed by atoms with Crippen LogP contribution in [0.3, 0.4) is 0 Å². The summed E-state index contributed by atoms with van der Waals surface area (Å²) in [6.07, 6.45) is 0. The van der Waals surface area contributed by atoms with Crippen LogP contribution in [0.25, 0.3) is 11.3 Å². The van der Waals surface area contributed by atoms with Crippen LogP contribution in [0.1, 0.15) is 21.5 Å². The molecule has 4 rings (SSSR count). The fourth-order valence-electron chi connectivity index (χ4n) is 3.04. The van der Waals surface area contributed by atoms with E-state index in [1.165, 1.54) is 16.9 Å². The van der Waals surface area contributed by atoms with E-state index in [-0.39, 0.29) is 5.91 Å². The predicted molar refractivity (Wildman–Crippen MR) is 123 cm³/mol. The molecule has 1 N–H and O–H groups in total. The summed E-state index contributed by atoms with van der Waals surface area (Å²) in [6, 6.07) is 20.6. The SMILES string of the molecule is Cc1ccc(Oc2cc(C)c(-c3csc(NC(=O)c4ccccc4)n3)c(Cl)c2)cc1. The zero-order valence-corrected chi connectivity index (χ0v) is 18.1. The van der Waals surface area contributed by atoms with Crippen molar-refractivity contribution < 1.29 is 9.53 Å². The molecule has 6 heteroatoms. The average Bonchev–Trinajstić information content (AvgIpc) is 3.18. The highest BCUT2D eigenvalue weighted by Gasteiger charge is 2.15. The molecule has 0 aliphatic carbocycles. The van der Waals surface area contributed by atoms with E-state index in [4.69, 9.17) is 16.3 Å². The van der Waals surface area contributed by atoms with Gasteiger partial charge in [0.2, 0.25) is 0 Å². The van der Waals surface area contributed by atoms with Gasteiger partial charge in [0, 0.05) is 22.6 Å². The van der Waals surface area contributed by atoms with E-state index in [9.17, 15) is 4.79 Å². The number of hydrogen-bond acceptors (Lipinski definition) is 4. The molecule has 1 aromatic heterocycles. The van der Waals surface area contributed by atoms with Crippen LogP contribution in [-0.4, -0.2) is 10.9 Å². The summed E-state index contributed by atoms with van der Waals surface area (Å²) in [4.78, 5) is 16.9. The number of carbonyl (C=O) groups is 1. The topological polar surface area (TPSA) is 51.2 Å². The zero-order valence-electron chi connectivity index (χ0n) is 16.5. The molecule has 0 atom stereocenters. The van der Waals surface area contributed by atoms with Crippen molar-refractivity contribution in [2.75, 3.05) is 5.32 Å². The quantitative estimate of drug-likeness (QED) is 0.363. The number of nitrogens with one attached hydrogen (secondary N) is 1. The van der Waals surface area contributed by atoms with Crippen molar-refractivity contribution in [2.24, 2.45) is 0 Å². The summed E-state index contributed by atoms with van der Waals surface area (Å²) in [7, 11) is 0. The Morgan fingerprint density at radius 2 is 1.73 bits per heavy atom. The van der Waals surface area contributed by atoms with Crippen LogP contribution in [0.2, 0.25) is 5.02 Å². The third-order valence-electron chi connectivity index (χ3n) is 4.53. The van der Waals surface area contributed by atoms with Crippen molar-refractivity contribution in [3.8, 4) is 22.8 Å². The van der Waals surface area contributed by atoms with Gasteiger partial charge in [-0.25, -0.2) is 4.98 Å². The molecule has 0 aliphatic rings. The molecule has 1 heterocycles. The minimum atomic E-state index is -0.193. The van der Waals surface area contributed by atoms with Crippen LogP contribution in [0.15, 0.2) is 72.1 Å². The van der Waals surface area contributed by atoms with E-state index in [1.54, 1.807) is 18.2 Å². The second kappa shape index (κ2) is 8.69. The van der Waals surface area contributed by atoms with E-state index in [0.29, 0.717) is 27.2 Å². The van der Waals surface area contributed by atoms with Gasteiger partial charge in [0.15, 0.2) is 5.13 Å². The van der Waals surface area contributed by atoms with Crippen LogP contribution >= 0.6 is 22.9 Å². The number of hydrogen-bond donors (Lipinski definition) is 1. The Balaban J connectivity index is 1.54. The number of rotatable bonds is 5. The molecule has 0 unspecified atom stereocenters. The van der Waals surface area contributed by atoms with Gasteiger partial charge in [-0.3, -0.25) is 10.1 Å². The maximum Gasteiger partial charge on any atom is 0.257 e. The lowest BCUT2D eigenvalue weighted by Crippen LogP contribution is -2.11. The Morgan fingerprint density at radius 1 is 1.00 bits per heavy atom. The van der Waals surface area contributed by atoms with Gasteiger partial charge in [0.25, 0.3) is 5.91 Å². The lowest BCUT2D eigenvalue weighted by atomic mass is 10.1. The number of benzene rings is 3. The smallest absolute Gasteiger partial charge is 0.257 e. The lowest BCUT2D eigenvalue weighted by molar-refractivity contribution is 0.102. The Labute approximate surface area is 184 Å². The number of amides is 1. The van der Waals surface area contributed by atoms with Crippen LogP contribution in [-0.2, 0) is 0 Å². The van der Waals surface area contributed by atoms with E-state index in [1.807, 2.05) is 67.8 Å². The molecule has 150 valence electrons. The first kappa shape index (κ1) is 20.1. The summed E-state index contributed by atoms with van der Waals surface area (Å²) in [6.45, 7) is 3.99. The molecule has 0 saturated heterocycles. The number of thiazole rings is 1. The average molecular weight is 435 g/mol. The van der Waals surface area contributed by atoms with Crippen molar-refractivity contribution in [1.29, 1.82) is 0 Å². The summed E-state index contributed by atoms with van der Waals surface area (Å²) in [5.41, 5.74) is 4.24. The van der Waals surface area contributed by atoms with Gasteiger partial charge in [-0.15, -0.1) is 11.3 Å². The van der Waals surface area contributed by atoms with Gasteiger partial charge < -0.3 is 4.74 Å². The fourth-order valence-corrected chi connectivity index (χ4v) is 4.09. The van der Waals surface area contributed by atoms with Gasteiger partial charge in [-0.1, -0.05) is 47.5 Å². The molecule has 30 heavy (non-hydrogen) atoms. The number of halogens is 1. The molecular formula is C24H19ClN2O2S. The third-order valence-corrected chi connectivity index (χ3v) is 5.59. The number of carbonyl (C=O) groups excluding carboxylic acids is 1. The maximum atomic E-state index is 12.3. The highest BCUT2D eigenvalue weighted by Crippen LogP contribution is 2.37. The lowest BCUT2D eigenvalue weighted by Gasteiger charge is -2.11. The molecule has 0 bridgehead atoms. The highest BCUT2D eigenvalue weighted by atomic mass is 35.5. The number of ether oxygens (including phenoxy) is 1. The minimum absolute atomic E-state index is 0.193. The van der Waals surface area contributed by atoms with Crippen LogP contribution < -0.4 is 10.1 Å². The largest absolute Gasteiger partial charge is 0.457 e. The standard InChI is InChI=1S/C24H19ClN2O2S/c1-15-8-10-18(11-9-15)29-19-12-16(2)22(20(25)13-19)21-14-30-24(26-21)27-23(28)17-6-4-3-5-7-17/h3-14H,1-2H3,(H,26,27,28). The first-order valence-electron chi connectivity index (χ1n) is 9.36. The van der Waals surface area contributed by atoms with Crippen LogP contribution in [0.5, 0.6) is 11.5 Å². The Morgan fingerprint density at radius 3 is 2.43 bits per heavy atom. The first-order valence-corrected chi connectivity index (χ1v) is 10.6. The third kappa shape index (κ3) is 4.53. The zero-order chi connectivity index (χ0) is 21.1. The molecule has 0 radical (unpaired) electrons. The summed E-state index contributed by atoms with van der Waals surface area (Å²) in [5.74, 6) is 1.22. The van der Waals surface area contributed by atoms with Gasteiger partial charge >= 0.3 is 0 Å². The van der Waals surface area contributed by atoms with E-state index < -0.39 is 0 Å². The highest BCUT2D eigenvalue weighted by molar-refractivity contribution is 7.14. The van der Waals surface area contributed by atoms with Gasteiger partial charge in [0.05, 0.1) is 10.7 Å². The van der Waals surface area contributed by atoms with Crippen molar-refractivity contribution in [3.63, 3.8) is 0 Å². The molecule has 0 saturated carbocycles. The Kier molecular flexibility index (Phi) is 5.84. The summed E-state index contributed by atoms with van der Waals surface area (Å²) < 4.78 is 5.93. The summed E-state index contributed by atoms with van der Waals surface area (Å²) >= 11 is 7.93. The van der Waals surface area contributed by atoms with Gasteiger partial charge in [-0.2, -0.15) is 0 Å². The Hall–Kier alpha value is -3.15. The fraction of sp³-hybridized carbons (Fsp3) is 0.0833. The second-order valence-electron chi connectivity index (χ2n) is 6.87. The van der Waals surface area contributed by atoms with Crippen LogP contribution in [0, 0.1) is 13.8 Å². The molecular weight excluding hydrogens is 416 g/mol. The van der Waals surface area contributed by atoms with Gasteiger partial charge in [0.1, 0.15) is 11.5 Å². The van der Waals surface area contributed by atoms with E-state index >= 15 is 0 Å². The number of aromatic nitrogens is 1. The van der Waals surface area contributed by atoms with Crippen molar-refractivity contribution in [2.45, 2.75) is 13.8 Å². The van der Waals surface area contributed by atoms with Crippen LogP contribution in [0.4, 0.5) is 5.13 Å². The monoisotopic (exact) mass is 434 g/mol. The number of anilines is 1. The predicted octanol–water partition coefficient (Wildman–Crippen LogP) is 7.12. The normalized spacial score (nSPS) is 10.6. The second-order valence-corrected chi connectivity index (χ2v) is 8.14. The molecule has 4 aromatic rings. The van der Waals surface area contributed by atoms with Crippen molar-refractivity contribution in [3.05, 3.63) is 93.8 Å². The van der Waals surface area contributed by atoms with Crippen molar-refractivity contribution in [1.82, 2.24) is 4.98 Å². The van der Waals surface area contributed by atoms with Crippen molar-refractivity contribution >= 4 is 34.0 Å². The molecule has 3 aromatic carbocycles. The van der Waals surface area contributed by atoms with E-state index in [0.717, 1.165) is 16.9 Å². The first-order chi connectivity index (χ1) is 14.5. The minimum Gasteiger partial charge on any atom is -0.457 e. The Bertz CT molecular complexity index is 1160. The summed E-state index contributed by atoms with van der Waals surface area (Å²) in [5, 5.41) is 5.79. The molecule has 4 nitrogen and oxygen atoms in total. The maximum absolute atomic E-state index is 12.3. The van der Waals surface area contributed by atoms with E-state index in [2.05, 4.69) is 10.3 Å². The molecule has 0 spiro atoms. The number of aryl methyl sites for hydroxylation is 2. The molecule has 0 aliphatic heterocycles. The molecule has 1 amide bonds. The van der Waals surface area contributed by atoms with Gasteiger partial charge in [-0.05, 0) is 49.7 Å². The number of nitrogens with zero attached hydrogens (tertiary/aromatic N) is 1.